The van der Waals surface area contributed by atoms with Crippen LogP contribution in [0.5, 0.6) is 0 Å². The van der Waals surface area contributed by atoms with Crippen molar-refractivity contribution in [3.05, 3.63) is 33.3 Å². The maximum atomic E-state index is 12.1. The molecule has 2 rings (SSSR count). The molecule has 1 fully saturated rings. The van der Waals surface area contributed by atoms with Gasteiger partial charge in [0.05, 0.1) is 5.02 Å². The summed E-state index contributed by atoms with van der Waals surface area (Å²) in [5.41, 5.74) is 6.38. The van der Waals surface area contributed by atoms with E-state index in [2.05, 4.69) is 15.9 Å². The van der Waals surface area contributed by atoms with Crippen molar-refractivity contribution in [2.45, 2.75) is 12.5 Å². The summed E-state index contributed by atoms with van der Waals surface area (Å²) in [5, 5.41) is 0.550. The molecule has 0 bridgehead atoms. The van der Waals surface area contributed by atoms with Gasteiger partial charge in [-0.15, -0.1) is 12.4 Å². The summed E-state index contributed by atoms with van der Waals surface area (Å²) in [5.74, 6) is 0.00218. The number of nitrogens with zero attached hydrogens (tertiary/aromatic N) is 1. The van der Waals surface area contributed by atoms with Crippen molar-refractivity contribution in [2.24, 2.45) is 5.73 Å². The smallest absolute Gasteiger partial charge is 0.253 e. The lowest BCUT2D eigenvalue weighted by atomic mass is 10.2. The minimum absolute atomic E-state index is 0. The van der Waals surface area contributed by atoms with Crippen molar-refractivity contribution in [3.8, 4) is 0 Å². The van der Waals surface area contributed by atoms with Crippen LogP contribution in [0.1, 0.15) is 16.8 Å². The molecule has 0 saturated carbocycles. The molecule has 1 unspecified atom stereocenters. The first kappa shape index (κ1) is 14.8. The molecular weight excluding hydrogens is 327 g/mol. The summed E-state index contributed by atoms with van der Waals surface area (Å²) in [6.07, 6.45) is 0.871. The highest BCUT2D eigenvalue weighted by molar-refractivity contribution is 9.10. The third-order valence-electron chi connectivity index (χ3n) is 2.68. The van der Waals surface area contributed by atoms with Gasteiger partial charge in [0, 0.05) is 29.2 Å². The molecule has 0 spiro atoms. The average molecular weight is 340 g/mol. The number of carbonyl (C=O) groups is 1. The second kappa shape index (κ2) is 6.05. The molecule has 2 N–H and O–H groups in total. The molecule has 17 heavy (non-hydrogen) atoms. The summed E-state index contributed by atoms with van der Waals surface area (Å²) in [6, 6.07) is 5.33. The Morgan fingerprint density at radius 2 is 2.24 bits per heavy atom. The number of carbonyl (C=O) groups excluding carboxylic acids is 1. The first-order valence-corrected chi connectivity index (χ1v) is 6.25. The molecule has 1 aliphatic heterocycles. The number of hydrogen-bond donors (Lipinski definition) is 1. The lowest BCUT2D eigenvalue weighted by Gasteiger charge is -2.15. The molecule has 1 amide bonds. The Morgan fingerprint density at radius 1 is 1.53 bits per heavy atom. The van der Waals surface area contributed by atoms with Gasteiger partial charge in [0.15, 0.2) is 0 Å². The Bertz CT molecular complexity index is 428. The standard InChI is InChI=1S/C11H12BrClN2O.ClH/c12-9-2-1-7(5-10(9)13)11(16)15-4-3-8(14)6-15;/h1-2,5,8H,3-4,6,14H2;1H. The number of rotatable bonds is 1. The number of hydrogen-bond acceptors (Lipinski definition) is 2. The fraction of sp³-hybridized carbons (Fsp3) is 0.364. The van der Waals surface area contributed by atoms with Gasteiger partial charge in [-0.2, -0.15) is 0 Å². The average Bonchev–Trinajstić information content (AvgIpc) is 2.68. The van der Waals surface area contributed by atoms with Crippen LogP contribution in [0.3, 0.4) is 0 Å². The monoisotopic (exact) mass is 338 g/mol. The van der Waals surface area contributed by atoms with Crippen molar-refractivity contribution < 1.29 is 4.79 Å². The molecular formula is C11H13BrCl2N2O. The summed E-state index contributed by atoms with van der Waals surface area (Å²) >= 11 is 9.25. The van der Waals surface area contributed by atoms with Gasteiger partial charge in [0.25, 0.3) is 5.91 Å². The van der Waals surface area contributed by atoms with Gasteiger partial charge < -0.3 is 10.6 Å². The van der Waals surface area contributed by atoms with Crippen LogP contribution in [0.2, 0.25) is 5.02 Å². The van der Waals surface area contributed by atoms with Crippen LogP contribution in [-0.4, -0.2) is 29.9 Å². The first-order chi connectivity index (χ1) is 7.58. The largest absolute Gasteiger partial charge is 0.337 e. The Labute approximate surface area is 120 Å². The van der Waals surface area contributed by atoms with Crippen LogP contribution >= 0.6 is 39.9 Å². The van der Waals surface area contributed by atoms with E-state index in [1.165, 1.54) is 0 Å². The molecule has 1 atom stereocenters. The van der Waals surface area contributed by atoms with E-state index in [-0.39, 0.29) is 24.4 Å². The van der Waals surface area contributed by atoms with E-state index in [1.54, 1.807) is 23.1 Å². The van der Waals surface area contributed by atoms with Gasteiger partial charge in [-0.1, -0.05) is 11.6 Å². The van der Waals surface area contributed by atoms with Crippen molar-refractivity contribution in [2.75, 3.05) is 13.1 Å². The van der Waals surface area contributed by atoms with Crippen LogP contribution in [0.4, 0.5) is 0 Å². The maximum Gasteiger partial charge on any atom is 0.253 e. The quantitative estimate of drug-likeness (QED) is 0.855. The number of nitrogens with two attached hydrogens (primary N) is 1. The van der Waals surface area contributed by atoms with Crippen LogP contribution in [0.25, 0.3) is 0 Å². The molecule has 1 heterocycles. The van der Waals surface area contributed by atoms with E-state index >= 15 is 0 Å². The van der Waals surface area contributed by atoms with E-state index in [0.717, 1.165) is 17.4 Å². The number of halogens is 3. The third kappa shape index (κ3) is 3.35. The molecule has 1 aromatic carbocycles. The van der Waals surface area contributed by atoms with Crippen molar-refractivity contribution >= 4 is 45.8 Å². The Hall–Kier alpha value is -0.290. The van der Waals surface area contributed by atoms with E-state index in [0.29, 0.717) is 17.1 Å². The zero-order valence-electron chi connectivity index (χ0n) is 9.03. The van der Waals surface area contributed by atoms with E-state index in [4.69, 9.17) is 17.3 Å². The first-order valence-electron chi connectivity index (χ1n) is 5.08. The number of benzene rings is 1. The van der Waals surface area contributed by atoms with Gasteiger partial charge in [0.1, 0.15) is 0 Å². The fourth-order valence-electron chi connectivity index (χ4n) is 1.78. The molecule has 1 aliphatic rings. The maximum absolute atomic E-state index is 12.1. The number of likely N-dealkylation sites (tertiary alicyclic amines) is 1. The van der Waals surface area contributed by atoms with Gasteiger partial charge >= 0.3 is 0 Å². The van der Waals surface area contributed by atoms with Crippen molar-refractivity contribution in [1.29, 1.82) is 0 Å². The Kier molecular flexibility index (Phi) is 5.25. The highest BCUT2D eigenvalue weighted by Crippen LogP contribution is 2.24. The molecule has 3 nitrogen and oxygen atoms in total. The summed E-state index contributed by atoms with van der Waals surface area (Å²) in [4.78, 5) is 13.8. The predicted molar refractivity (Wildman–Crippen MR) is 74.9 cm³/mol. The van der Waals surface area contributed by atoms with Crippen LogP contribution in [-0.2, 0) is 0 Å². The van der Waals surface area contributed by atoms with E-state index < -0.39 is 0 Å². The van der Waals surface area contributed by atoms with Crippen LogP contribution in [0.15, 0.2) is 22.7 Å². The SMILES string of the molecule is Cl.NC1CCN(C(=O)c2ccc(Br)c(Cl)c2)C1. The fourth-order valence-corrected chi connectivity index (χ4v) is 2.21. The van der Waals surface area contributed by atoms with Crippen LogP contribution < -0.4 is 5.73 Å². The van der Waals surface area contributed by atoms with Gasteiger partial charge in [-0.3, -0.25) is 4.79 Å². The lowest BCUT2D eigenvalue weighted by Crippen LogP contribution is -2.31. The summed E-state index contributed by atoms with van der Waals surface area (Å²) in [7, 11) is 0. The van der Waals surface area contributed by atoms with Crippen molar-refractivity contribution in [1.82, 2.24) is 4.90 Å². The molecule has 1 saturated heterocycles. The number of amides is 1. The predicted octanol–water partition coefficient (Wildman–Crippen LogP) is 2.70. The minimum atomic E-state index is 0. The minimum Gasteiger partial charge on any atom is -0.337 e. The van der Waals surface area contributed by atoms with E-state index in [1.807, 2.05) is 0 Å². The zero-order chi connectivity index (χ0) is 11.7. The summed E-state index contributed by atoms with van der Waals surface area (Å²) < 4.78 is 0.795. The second-order valence-electron chi connectivity index (χ2n) is 3.93. The molecule has 6 heteroatoms. The van der Waals surface area contributed by atoms with Gasteiger partial charge in [0.2, 0.25) is 0 Å². The van der Waals surface area contributed by atoms with Gasteiger partial charge in [-0.25, -0.2) is 0 Å². The second-order valence-corrected chi connectivity index (χ2v) is 5.19. The van der Waals surface area contributed by atoms with Crippen molar-refractivity contribution in [3.63, 3.8) is 0 Å². The molecule has 0 aliphatic carbocycles. The normalized spacial score (nSPS) is 19.0. The highest BCUT2D eigenvalue weighted by atomic mass is 79.9. The third-order valence-corrected chi connectivity index (χ3v) is 3.91. The molecule has 0 aromatic heterocycles. The summed E-state index contributed by atoms with van der Waals surface area (Å²) in [6.45, 7) is 1.36. The highest BCUT2D eigenvalue weighted by Gasteiger charge is 2.24. The Balaban J connectivity index is 0.00000144. The molecule has 94 valence electrons. The van der Waals surface area contributed by atoms with Gasteiger partial charge in [-0.05, 0) is 40.5 Å². The topological polar surface area (TPSA) is 46.3 Å². The molecule has 1 aromatic rings. The molecule has 0 radical (unpaired) electrons. The lowest BCUT2D eigenvalue weighted by molar-refractivity contribution is 0.0791. The van der Waals surface area contributed by atoms with E-state index in [9.17, 15) is 4.79 Å². The Morgan fingerprint density at radius 3 is 2.76 bits per heavy atom. The zero-order valence-corrected chi connectivity index (χ0v) is 12.2. The van der Waals surface area contributed by atoms with Crippen LogP contribution in [0, 0.1) is 0 Å².